The smallest absolute Gasteiger partial charge is 0.255 e. The number of anilines is 1. The van der Waals surface area contributed by atoms with Gasteiger partial charge in [0, 0.05) is 24.2 Å². The Hall–Kier alpha value is -3.16. The maximum absolute atomic E-state index is 12.2. The molecule has 3 rings (SSSR count). The van der Waals surface area contributed by atoms with Crippen molar-refractivity contribution in [1.29, 1.82) is 0 Å². The van der Waals surface area contributed by atoms with Crippen LogP contribution >= 0.6 is 0 Å². The molecule has 0 saturated heterocycles. The molecule has 8 nitrogen and oxygen atoms in total. The number of furan rings is 1. The van der Waals surface area contributed by atoms with Crippen LogP contribution in [0.25, 0.3) is 17.4 Å². The molecule has 8 heteroatoms. The van der Waals surface area contributed by atoms with Gasteiger partial charge in [0.1, 0.15) is 11.5 Å². The molecule has 0 aliphatic carbocycles. The molecule has 0 fully saturated rings. The van der Waals surface area contributed by atoms with Gasteiger partial charge >= 0.3 is 0 Å². The maximum Gasteiger partial charge on any atom is 0.255 e. The first-order chi connectivity index (χ1) is 11.5. The number of rotatable bonds is 4. The lowest BCUT2D eigenvalue weighted by Crippen LogP contribution is -2.21. The van der Waals surface area contributed by atoms with Crippen molar-refractivity contribution in [1.82, 2.24) is 19.7 Å². The zero-order valence-electron chi connectivity index (χ0n) is 13.6. The summed E-state index contributed by atoms with van der Waals surface area (Å²) in [6.07, 6.45) is 2.12. The van der Waals surface area contributed by atoms with Gasteiger partial charge in [0.25, 0.3) is 5.56 Å². The molecular formula is C16H17N5O3. The second-order valence-corrected chi connectivity index (χ2v) is 5.29. The molecular weight excluding hydrogens is 310 g/mol. The molecule has 0 bridgehead atoms. The number of aromatic amines is 1. The standard InChI is InChI=1S/C16H17N5O3/c1-4-11-9(2)17-16(19-15(11)23)21-14(18-10(3)22)8-12(20-21)13-6-5-7-24-13/h5-8H,4H2,1-3H3,(H,18,22)(H,17,19,23). The summed E-state index contributed by atoms with van der Waals surface area (Å²) in [7, 11) is 0. The fraction of sp³-hybridized carbons (Fsp3) is 0.250. The third kappa shape index (κ3) is 2.85. The van der Waals surface area contributed by atoms with Gasteiger partial charge in [0.2, 0.25) is 11.9 Å². The van der Waals surface area contributed by atoms with Crippen LogP contribution in [0.1, 0.15) is 25.1 Å². The molecule has 0 saturated carbocycles. The summed E-state index contributed by atoms with van der Waals surface area (Å²) in [5.41, 5.74) is 1.55. The highest BCUT2D eigenvalue weighted by Crippen LogP contribution is 2.24. The van der Waals surface area contributed by atoms with Crippen LogP contribution in [0.2, 0.25) is 0 Å². The molecule has 0 aliphatic heterocycles. The van der Waals surface area contributed by atoms with E-state index < -0.39 is 0 Å². The van der Waals surface area contributed by atoms with Crippen LogP contribution in [-0.4, -0.2) is 25.7 Å². The third-order valence-corrected chi connectivity index (χ3v) is 3.55. The van der Waals surface area contributed by atoms with E-state index in [1.165, 1.54) is 17.9 Å². The minimum atomic E-state index is -0.258. The molecule has 3 aromatic rings. The van der Waals surface area contributed by atoms with E-state index in [4.69, 9.17) is 4.42 Å². The number of hydrogen-bond donors (Lipinski definition) is 2. The summed E-state index contributed by atoms with van der Waals surface area (Å²) in [6, 6.07) is 5.15. The fourth-order valence-electron chi connectivity index (χ4n) is 2.47. The first-order valence-electron chi connectivity index (χ1n) is 7.51. The van der Waals surface area contributed by atoms with E-state index >= 15 is 0 Å². The van der Waals surface area contributed by atoms with Crippen LogP contribution in [0, 0.1) is 6.92 Å². The summed E-state index contributed by atoms with van der Waals surface area (Å²) >= 11 is 0. The number of carbonyl (C=O) groups is 1. The maximum atomic E-state index is 12.2. The lowest BCUT2D eigenvalue weighted by Gasteiger charge is -2.08. The number of H-pyrrole nitrogens is 1. The van der Waals surface area contributed by atoms with Gasteiger partial charge in [-0.25, -0.2) is 4.98 Å². The molecule has 124 valence electrons. The summed E-state index contributed by atoms with van der Waals surface area (Å²) in [5, 5.41) is 7.07. The second kappa shape index (κ2) is 6.15. The number of nitrogens with zero attached hydrogens (tertiary/aromatic N) is 3. The normalized spacial score (nSPS) is 10.8. The van der Waals surface area contributed by atoms with E-state index in [1.54, 1.807) is 25.1 Å². The molecule has 2 N–H and O–H groups in total. The van der Waals surface area contributed by atoms with E-state index in [-0.39, 0.29) is 17.4 Å². The van der Waals surface area contributed by atoms with E-state index in [0.717, 1.165) is 0 Å². The molecule has 0 aliphatic rings. The van der Waals surface area contributed by atoms with Gasteiger partial charge in [-0.05, 0) is 25.5 Å². The Balaban J connectivity index is 2.16. The predicted molar refractivity (Wildman–Crippen MR) is 88.1 cm³/mol. The summed E-state index contributed by atoms with van der Waals surface area (Å²) in [4.78, 5) is 30.8. The molecule has 0 aromatic carbocycles. The van der Waals surface area contributed by atoms with Crippen LogP contribution in [-0.2, 0) is 11.2 Å². The Morgan fingerprint density at radius 2 is 2.25 bits per heavy atom. The van der Waals surface area contributed by atoms with Crippen molar-refractivity contribution in [2.24, 2.45) is 0 Å². The summed E-state index contributed by atoms with van der Waals surface area (Å²) in [5.74, 6) is 0.910. The number of nitrogens with one attached hydrogen (secondary N) is 2. The van der Waals surface area contributed by atoms with E-state index in [2.05, 4.69) is 20.4 Å². The lowest BCUT2D eigenvalue weighted by atomic mass is 10.2. The molecule has 24 heavy (non-hydrogen) atoms. The van der Waals surface area contributed by atoms with Crippen LogP contribution in [0.4, 0.5) is 5.82 Å². The Bertz CT molecular complexity index is 937. The number of amides is 1. The molecule has 0 radical (unpaired) electrons. The SMILES string of the molecule is CCc1c(C)nc(-n2nc(-c3ccco3)cc2NC(C)=O)[nH]c1=O. The van der Waals surface area contributed by atoms with Crippen molar-refractivity contribution in [3.8, 4) is 17.4 Å². The predicted octanol–water partition coefficient (Wildman–Crippen LogP) is 2.04. The Labute approximate surface area is 137 Å². The highest BCUT2D eigenvalue weighted by molar-refractivity contribution is 5.88. The third-order valence-electron chi connectivity index (χ3n) is 3.55. The number of aryl methyl sites for hydroxylation is 1. The lowest BCUT2D eigenvalue weighted by molar-refractivity contribution is -0.114. The van der Waals surface area contributed by atoms with Gasteiger partial charge in [-0.2, -0.15) is 9.78 Å². The van der Waals surface area contributed by atoms with Crippen LogP contribution in [0.3, 0.4) is 0 Å². The van der Waals surface area contributed by atoms with Crippen LogP contribution in [0.15, 0.2) is 33.7 Å². The average Bonchev–Trinajstić information content (AvgIpc) is 3.15. The quantitative estimate of drug-likeness (QED) is 0.763. The minimum Gasteiger partial charge on any atom is -0.463 e. The van der Waals surface area contributed by atoms with E-state index in [1.807, 2.05) is 6.92 Å². The van der Waals surface area contributed by atoms with Gasteiger partial charge in [-0.15, -0.1) is 0 Å². The summed E-state index contributed by atoms with van der Waals surface area (Å²) in [6.45, 7) is 5.06. The van der Waals surface area contributed by atoms with Gasteiger partial charge in [-0.1, -0.05) is 6.92 Å². The molecule has 0 unspecified atom stereocenters. The Kier molecular flexibility index (Phi) is 4.03. The number of hydrogen-bond acceptors (Lipinski definition) is 5. The minimum absolute atomic E-state index is 0.219. The van der Waals surface area contributed by atoms with Crippen molar-refractivity contribution in [2.75, 3.05) is 5.32 Å². The van der Waals surface area contributed by atoms with E-state index in [0.29, 0.717) is 35.0 Å². The second-order valence-electron chi connectivity index (χ2n) is 5.29. The highest BCUT2D eigenvalue weighted by atomic mass is 16.3. The molecule has 3 heterocycles. The highest BCUT2D eigenvalue weighted by Gasteiger charge is 2.16. The zero-order chi connectivity index (χ0) is 17.3. The van der Waals surface area contributed by atoms with Gasteiger partial charge in [0.05, 0.1) is 6.26 Å². The van der Waals surface area contributed by atoms with Gasteiger partial charge < -0.3 is 9.73 Å². The zero-order valence-corrected chi connectivity index (χ0v) is 13.6. The topological polar surface area (TPSA) is 106 Å². The Morgan fingerprint density at radius 3 is 2.83 bits per heavy atom. The van der Waals surface area contributed by atoms with Gasteiger partial charge in [0.15, 0.2) is 5.76 Å². The number of aromatic nitrogens is 4. The molecule has 3 aromatic heterocycles. The van der Waals surface area contributed by atoms with Crippen LogP contribution < -0.4 is 10.9 Å². The Morgan fingerprint density at radius 1 is 1.46 bits per heavy atom. The first kappa shape index (κ1) is 15.7. The molecule has 0 spiro atoms. The number of carbonyl (C=O) groups excluding carboxylic acids is 1. The van der Waals surface area contributed by atoms with Crippen molar-refractivity contribution >= 4 is 11.7 Å². The van der Waals surface area contributed by atoms with Crippen LogP contribution in [0.5, 0.6) is 0 Å². The first-order valence-corrected chi connectivity index (χ1v) is 7.51. The molecule has 1 amide bonds. The van der Waals surface area contributed by atoms with Crippen molar-refractivity contribution in [2.45, 2.75) is 27.2 Å². The molecule has 0 atom stereocenters. The average molecular weight is 327 g/mol. The monoisotopic (exact) mass is 327 g/mol. The largest absolute Gasteiger partial charge is 0.463 e. The summed E-state index contributed by atoms with van der Waals surface area (Å²) < 4.78 is 6.71. The van der Waals surface area contributed by atoms with E-state index in [9.17, 15) is 9.59 Å². The van der Waals surface area contributed by atoms with Crippen molar-refractivity contribution < 1.29 is 9.21 Å². The fourth-order valence-corrected chi connectivity index (χ4v) is 2.47. The van der Waals surface area contributed by atoms with Gasteiger partial charge in [-0.3, -0.25) is 14.6 Å². The van der Waals surface area contributed by atoms with Crippen molar-refractivity contribution in [3.63, 3.8) is 0 Å². The van der Waals surface area contributed by atoms with Crippen molar-refractivity contribution in [3.05, 3.63) is 46.1 Å².